The van der Waals surface area contributed by atoms with Crippen molar-refractivity contribution in [1.82, 2.24) is 9.88 Å². The monoisotopic (exact) mass is 346 g/mol. The fourth-order valence-corrected chi connectivity index (χ4v) is 4.45. The van der Waals surface area contributed by atoms with Gasteiger partial charge in [0.2, 0.25) is 0 Å². The van der Waals surface area contributed by atoms with Gasteiger partial charge in [-0.15, -0.1) is 0 Å². The molecule has 0 unspecified atom stereocenters. The molecular weight excluding hydrogens is 324 g/mol. The van der Waals surface area contributed by atoms with Crippen molar-refractivity contribution in [2.45, 2.75) is 17.4 Å². The van der Waals surface area contributed by atoms with Crippen LogP contribution >= 0.6 is 0 Å². The molecule has 6 heteroatoms. The van der Waals surface area contributed by atoms with Crippen LogP contribution < -0.4 is 0 Å². The maximum absolute atomic E-state index is 12.3. The Morgan fingerprint density at radius 1 is 1.08 bits per heavy atom. The number of pyridine rings is 1. The Hall–Kier alpha value is -1.76. The molecule has 1 N–H and O–H groups in total. The molecule has 24 heavy (non-hydrogen) atoms. The summed E-state index contributed by atoms with van der Waals surface area (Å²) in [5.74, 6) is 0.206. The number of sulfone groups is 1. The van der Waals surface area contributed by atoms with Crippen molar-refractivity contribution < 1.29 is 13.5 Å². The first-order valence-electron chi connectivity index (χ1n) is 8.12. The summed E-state index contributed by atoms with van der Waals surface area (Å²) >= 11 is 0. The van der Waals surface area contributed by atoms with Crippen molar-refractivity contribution in [2.75, 3.05) is 25.4 Å². The Morgan fingerprint density at radius 2 is 1.79 bits per heavy atom. The third-order valence-corrected chi connectivity index (χ3v) is 6.22. The van der Waals surface area contributed by atoms with Crippen LogP contribution in [-0.4, -0.2) is 54.9 Å². The van der Waals surface area contributed by atoms with Crippen molar-refractivity contribution in [2.24, 2.45) is 5.92 Å². The third kappa shape index (κ3) is 4.20. The first-order valence-corrected chi connectivity index (χ1v) is 9.77. The summed E-state index contributed by atoms with van der Waals surface area (Å²) in [5.41, 5.74) is 1.15. The van der Waals surface area contributed by atoms with Crippen LogP contribution in [0.1, 0.15) is 5.56 Å². The molecule has 2 heterocycles. The predicted molar refractivity (Wildman–Crippen MR) is 92.4 cm³/mol. The quantitative estimate of drug-likeness (QED) is 0.856. The van der Waals surface area contributed by atoms with Crippen LogP contribution in [0.2, 0.25) is 0 Å². The molecular formula is C18H22N2O3S. The summed E-state index contributed by atoms with van der Waals surface area (Å²) in [6.07, 6.45) is 3.87. The molecule has 0 spiro atoms. The highest BCUT2D eigenvalue weighted by atomic mass is 32.2. The van der Waals surface area contributed by atoms with Crippen LogP contribution in [0, 0.1) is 5.92 Å². The number of aliphatic hydroxyl groups excluding tert-OH is 1. The van der Waals surface area contributed by atoms with Crippen LogP contribution in [0.4, 0.5) is 0 Å². The maximum atomic E-state index is 12.3. The number of β-amino-alcohol motifs (C(OH)–C–C–N with tert-alkyl or cyclic N) is 1. The molecule has 1 aliphatic rings. The van der Waals surface area contributed by atoms with Crippen LogP contribution in [0.3, 0.4) is 0 Å². The number of hydrogen-bond acceptors (Lipinski definition) is 5. The minimum atomic E-state index is -3.27. The number of nitrogens with zero attached hydrogens (tertiary/aromatic N) is 2. The Labute approximate surface area is 142 Å². The summed E-state index contributed by atoms with van der Waals surface area (Å²) < 4.78 is 24.7. The van der Waals surface area contributed by atoms with E-state index in [0.29, 0.717) is 24.5 Å². The van der Waals surface area contributed by atoms with Crippen LogP contribution in [0.5, 0.6) is 0 Å². The SMILES string of the molecule is O=S(=O)(CCN1C[C@@H](Cc2ccncc2)[C@@H](O)C1)c1ccccc1. The van der Waals surface area contributed by atoms with E-state index in [0.717, 1.165) is 12.0 Å². The number of likely N-dealkylation sites (tertiary alicyclic amines) is 1. The van der Waals surface area contributed by atoms with E-state index in [2.05, 4.69) is 4.98 Å². The van der Waals surface area contributed by atoms with E-state index in [9.17, 15) is 13.5 Å². The molecule has 0 bridgehead atoms. The minimum Gasteiger partial charge on any atom is -0.391 e. The lowest BCUT2D eigenvalue weighted by Gasteiger charge is -2.15. The topological polar surface area (TPSA) is 70.5 Å². The second kappa shape index (κ2) is 7.42. The second-order valence-corrected chi connectivity index (χ2v) is 8.39. The van der Waals surface area contributed by atoms with Crippen molar-refractivity contribution >= 4 is 9.84 Å². The summed E-state index contributed by atoms with van der Waals surface area (Å²) in [6, 6.07) is 12.4. The fourth-order valence-electron chi connectivity index (χ4n) is 3.14. The second-order valence-electron chi connectivity index (χ2n) is 6.28. The Morgan fingerprint density at radius 3 is 2.50 bits per heavy atom. The van der Waals surface area contributed by atoms with Gasteiger partial charge in [0.05, 0.1) is 16.8 Å². The van der Waals surface area contributed by atoms with Gasteiger partial charge >= 0.3 is 0 Å². The number of rotatable bonds is 6. The van der Waals surface area contributed by atoms with Crippen LogP contribution in [0.25, 0.3) is 0 Å². The van der Waals surface area contributed by atoms with Crippen molar-refractivity contribution in [3.05, 3.63) is 60.4 Å². The summed E-state index contributed by atoms with van der Waals surface area (Å²) in [6.45, 7) is 1.69. The van der Waals surface area contributed by atoms with Gasteiger partial charge in [-0.3, -0.25) is 9.88 Å². The van der Waals surface area contributed by atoms with Crippen LogP contribution in [0.15, 0.2) is 59.8 Å². The predicted octanol–water partition coefficient (Wildman–Crippen LogP) is 1.39. The molecule has 1 aliphatic heterocycles. The van der Waals surface area contributed by atoms with E-state index in [1.807, 2.05) is 17.0 Å². The highest BCUT2D eigenvalue weighted by Gasteiger charge is 2.31. The molecule has 1 saturated heterocycles. The molecule has 5 nitrogen and oxygen atoms in total. The number of aliphatic hydroxyl groups is 1. The lowest BCUT2D eigenvalue weighted by molar-refractivity contribution is 0.142. The number of benzene rings is 1. The van der Waals surface area contributed by atoms with Gasteiger partial charge in [-0.25, -0.2) is 8.42 Å². The van der Waals surface area contributed by atoms with E-state index in [4.69, 9.17) is 0 Å². The fraction of sp³-hybridized carbons (Fsp3) is 0.389. The molecule has 1 fully saturated rings. The molecule has 1 aromatic heterocycles. The molecule has 0 aliphatic carbocycles. The van der Waals surface area contributed by atoms with E-state index < -0.39 is 15.9 Å². The number of hydrogen-bond donors (Lipinski definition) is 1. The molecule has 1 aromatic carbocycles. The minimum absolute atomic E-state index is 0.0751. The lowest BCUT2D eigenvalue weighted by atomic mass is 9.97. The van der Waals surface area contributed by atoms with E-state index in [-0.39, 0.29) is 11.7 Å². The average Bonchev–Trinajstić information content (AvgIpc) is 2.95. The molecule has 2 atom stereocenters. The largest absolute Gasteiger partial charge is 0.391 e. The third-order valence-electron chi connectivity index (χ3n) is 4.51. The maximum Gasteiger partial charge on any atom is 0.179 e. The van der Waals surface area contributed by atoms with E-state index in [1.165, 1.54) is 0 Å². The van der Waals surface area contributed by atoms with Crippen LogP contribution in [-0.2, 0) is 16.3 Å². The normalized spacial score (nSPS) is 21.9. The zero-order valence-electron chi connectivity index (χ0n) is 13.5. The summed E-state index contributed by atoms with van der Waals surface area (Å²) in [4.78, 5) is 6.40. The van der Waals surface area contributed by atoms with Gasteiger partial charge in [-0.2, -0.15) is 0 Å². The highest BCUT2D eigenvalue weighted by Crippen LogP contribution is 2.21. The highest BCUT2D eigenvalue weighted by molar-refractivity contribution is 7.91. The molecule has 0 amide bonds. The number of aromatic nitrogens is 1. The van der Waals surface area contributed by atoms with E-state index >= 15 is 0 Å². The Balaban J connectivity index is 1.56. The Kier molecular flexibility index (Phi) is 5.28. The standard InChI is InChI=1S/C18H22N2O3S/c21-18-14-20(13-16(18)12-15-6-8-19-9-7-15)10-11-24(22,23)17-4-2-1-3-5-17/h1-9,16,18,21H,10-14H2/t16-,18+/m1/s1. The summed E-state index contributed by atoms with van der Waals surface area (Å²) in [7, 11) is -3.27. The van der Waals surface area contributed by atoms with Gasteiger partial charge in [0.15, 0.2) is 9.84 Å². The first-order chi connectivity index (χ1) is 11.5. The van der Waals surface area contributed by atoms with Crippen molar-refractivity contribution in [1.29, 1.82) is 0 Å². The molecule has 0 saturated carbocycles. The van der Waals surface area contributed by atoms with Crippen molar-refractivity contribution in [3.8, 4) is 0 Å². The van der Waals surface area contributed by atoms with E-state index in [1.54, 1.807) is 42.7 Å². The zero-order chi connectivity index (χ0) is 17.0. The zero-order valence-corrected chi connectivity index (χ0v) is 14.3. The van der Waals surface area contributed by atoms with Gasteiger partial charge in [-0.05, 0) is 36.2 Å². The first kappa shape index (κ1) is 17.1. The van der Waals surface area contributed by atoms with Gasteiger partial charge < -0.3 is 5.11 Å². The summed E-state index contributed by atoms with van der Waals surface area (Å²) in [5, 5.41) is 10.3. The average molecular weight is 346 g/mol. The molecule has 2 aromatic rings. The van der Waals surface area contributed by atoms with Gasteiger partial charge in [-0.1, -0.05) is 18.2 Å². The molecule has 0 radical (unpaired) electrons. The van der Waals surface area contributed by atoms with Gasteiger partial charge in [0.1, 0.15) is 0 Å². The van der Waals surface area contributed by atoms with Gasteiger partial charge in [0.25, 0.3) is 0 Å². The Bertz CT molecular complexity index is 750. The lowest BCUT2D eigenvalue weighted by Crippen LogP contribution is -2.28. The van der Waals surface area contributed by atoms with Gasteiger partial charge in [0, 0.05) is 37.9 Å². The molecule has 3 rings (SSSR count). The molecule has 128 valence electrons. The smallest absolute Gasteiger partial charge is 0.179 e. The van der Waals surface area contributed by atoms with Crippen molar-refractivity contribution in [3.63, 3.8) is 0 Å².